The Balaban J connectivity index is 1.72. The highest BCUT2D eigenvalue weighted by Gasteiger charge is 2.35. The van der Waals surface area contributed by atoms with E-state index >= 15 is 0 Å². The van der Waals surface area contributed by atoms with Crippen molar-refractivity contribution in [1.29, 1.82) is 0 Å². The second-order valence-corrected chi connectivity index (χ2v) is 9.54. The van der Waals surface area contributed by atoms with Gasteiger partial charge in [0.05, 0.1) is 12.6 Å². The van der Waals surface area contributed by atoms with Gasteiger partial charge >= 0.3 is 18.0 Å². The molecule has 1 fully saturated rings. The molecule has 3 N–H and O–H groups in total. The fraction of sp³-hybridized carbons (Fsp3) is 0.440. The van der Waals surface area contributed by atoms with Crippen LogP contribution in [0.4, 0.5) is 4.79 Å². The van der Waals surface area contributed by atoms with Crippen LogP contribution in [0.15, 0.2) is 24.3 Å². The summed E-state index contributed by atoms with van der Waals surface area (Å²) in [6.45, 7) is 5.48. The molecule has 2 unspecified atom stereocenters. The van der Waals surface area contributed by atoms with Gasteiger partial charge in [-0.25, -0.2) is 14.4 Å². The van der Waals surface area contributed by atoms with Crippen LogP contribution in [0.3, 0.4) is 0 Å². The van der Waals surface area contributed by atoms with Gasteiger partial charge in [-0.3, -0.25) is 9.69 Å². The number of piperidine rings is 1. The highest BCUT2D eigenvalue weighted by Crippen LogP contribution is 2.41. The third kappa shape index (κ3) is 6.41. The van der Waals surface area contributed by atoms with Crippen LogP contribution >= 0.6 is 11.3 Å². The molecule has 1 aromatic carbocycles. The molecule has 10 nitrogen and oxygen atoms in total. The highest BCUT2D eigenvalue weighted by atomic mass is 32.1. The van der Waals surface area contributed by atoms with Crippen molar-refractivity contribution < 1.29 is 38.9 Å². The maximum atomic E-state index is 12.2. The maximum Gasteiger partial charge on any atom is 0.410 e. The monoisotopic (exact) mass is 518 g/mol. The van der Waals surface area contributed by atoms with Crippen LogP contribution < -0.4 is 10.1 Å². The number of nitrogens with one attached hydrogen (secondary N) is 1. The van der Waals surface area contributed by atoms with E-state index in [-0.39, 0.29) is 29.1 Å². The van der Waals surface area contributed by atoms with Crippen LogP contribution in [0.5, 0.6) is 5.75 Å². The molecular weight excluding hydrogens is 488 g/mol. The standard InChI is InChI=1S/C25H30N2O8S/c1-4-34-25(33)27-9-8-18(11-19(27)15(3)28)26-12-16-6-5-7-17(10-16)22-14(2)21(35-13-20(29)30)23(36-22)24(31)32/h5-7,10,18-19,26H,4,8-9,11-13H2,1-3H3,(H,29,30)(H,31,32). The predicted octanol–water partition coefficient (Wildman–Crippen LogP) is 3.55. The summed E-state index contributed by atoms with van der Waals surface area (Å²) in [5.74, 6) is -2.38. The molecule has 0 spiro atoms. The Labute approximate surface area is 212 Å². The van der Waals surface area contributed by atoms with Crippen molar-refractivity contribution in [2.45, 2.75) is 52.2 Å². The molecule has 1 amide bonds. The van der Waals surface area contributed by atoms with Gasteiger partial charge < -0.3 is 25.0 Å². The lowest BCUT2D eigenvalue weighted by Gasteiger charge is -2.37. The van der Waals surface area contributed by atoms with Crippen molar-refractivity contribution in [1.82, 2.24) is 10.2 Å². The molecule has 11 heteroatoms. The lowest BCUT2D eigenvalue weighted by molar-refractivity contribution is -0.139. The number of carbonyl (C=O) groups is 4. The van der Waals surface area contributed by atoms with Crippen molar-refractivity contribution in [2.75, 3.05) is 19.8 Å². The number of carbonyl (C=O) groups excluding carboxylic acids is 2. The number of hydrogen-bond acceptors (Lipinski definition) is 8. The normalized spacial score (nSPS) is 17.5. The fourth-order valence-corrected chi connectivity index (χ4v) is 5.35. The van der Waals surface area contributed by atoms with Crippen LogP contribution in [-0.2, 0) is 20.9 Å². The number of ether oxygens (including phenoxy) is 2. The first-order chi connectivity index (χ1) is 17.1. The first-order valence-corrected chi connectivity index (χ1v) is 12.4. The molecule has 2 aromatic rings. The molecule has 1 aromatic heterocycles. The summed E-state index contributed by atoms with van der Waals surface area (Å²) < 4.78 is 10.4. The number of carboxylic acid groups (broad SMARTS) is 2. The fourth-order valence-electron chi connectivity index (χ4n) is 4.27. The lowest BCUT2D eigenvalue weighted by Crippen LogP contribution is -2.53. The van der Waals surface area contributed by atoms with Crippen LogP contribution in [0.2, 0.25) is 0 Å². The third-order valence-electron chi connectivity index (χ3n) is 5.98. The van der Waals surface area contributed by atoms with Crippen LogP contribution in [0.25, 0.3) is 10.4 Å². The summed E-state index contributed by atoms with van der Waals surface area (Å²) in [6, 6.07) is 7.11. The maximum absolute atomic E-state index is 12.2. The SMILES string of the molecule is CCOC(=O)N1CCC(NCc2cccc(-c3sc(C(=O)O)c(OCC(=O)O)c3C)c2)CC1C(C)=O. The third-order valence-corrected chi connectivity index (χ3v) is 7.29. The van der Waals surface area contributed by atoms with Gasteiger partial charge in [0.2, 0.25) is 0 Å². The number of aromatic carboxylic acids is 1. The van der Waals surface area contributed by atoms with E-state index in [1.807, 2.05) is 24.3 Å². The Morgan fingerprint density at radius 1 is 1.22 bits per heavy atom. The molecule has 1 aliphatic heterocycles. The average Bonchev–Trinajstić information content (AvgIpc) is 3.18. The van der Waals surface area contributed by atoms with Gasteiger partial charge in [0, 0.05) is 29.6 Å². The number of Topliss-reactive ketones (excluding diaryl/α,β-unsaturated/α-hetero) is 1. The van der Waals surface area contributed by atoms with Gasteiger partial charge in [0.1, 0.15) is 5.75 Å². The van der Waals surface area contributed by atoms with Crippen molar-refractivity contribution in [2.24, 2.45) is 0 Å². The largest absolute Gasteiger partial charge is 0.480 e. The summed E-state index contributed by atoms with van der Waals surface area (Å²) in [4.78, 5) is 49.1. The van der Waals surface area contributed by atoms with Crippen LogP contribution in [0, 0.1) is 6.92 Å². The zero-order valence-corrected chi connectivity index (χ0v) is 21.2. The molecule has 36 heavy (non-hydrogen) atoms. The minimum absolute atomic E-state index is 0.0336. The summed E-state index contributed by atoms with van der Waals surface area (Å²) >= 11 is 1.04. The Bertz CT molecular complexity index is 1150. The van der Waals surface area contributed by atoms with E-state index in [2.05, 4.69) is 5.32 Å². The quantitative estimate of drug-likeness (QED) is 0.430. The number of aliphatic carboxylic acids is 1. The second kappa shape index (κ2) is 12.0. The van der Waals surface area contributed by atoms with Gasteiger partial charge in [0.15, 0.2) is 17.3 Å². The summed E-state index contributed by atoms with van der Waals surface area (Å²) in [7, 11) is 0. The molecule has 194 valence electrons. The molecule has 1 saturated heterocycles. The van der Waals surface area contributed by atoms with Gasteiger partial charge in [-0.1, -0.05) is 18.2 Å². The number of ketones is 1. The number of likely N-dealkylation sites (tertiary alicyclic amines) is 1. The van der Waals surface area contributed by atoms with Gasteiger partial charge in [0.25, 0.3) is 0 Å². The second-order valence-electron chi connectivity index (χ2n) is 8.52. The zero-order chi connectivity index (χ0) is 26.4. The summed E-state index contributed by atoms with van der Waals surface area (Å²) in [5.41, 5.74) is 2.32. The van der Waals surface area contributed by atoms with E-state index in [1.54, 1.807) is 13.8 Å². The smallest absolute Gasteiger partial charge is 0.410 e. The molecule has 3 rings (SSSR count). The summed E-state index contributed by atoms with van der Waals surface area (Å²) in [6.07, 6.45) is 0.700. The van der Waals surface area contributed by atoms with Gasteiger partial charge in [-0.15, -0.1) is 11.3 Å². The zero-order valence-electron chi connectivity index (χ0n) is 20.4. The van der Waals surface area contributed by atoms with Crippen molar-refractivity contribution in [3.05, 3.63) is 40.3 Å². The molecule has 1 aliphatic rings. The van der Waals surface area contributed by atoms with E-state index < -0.39 is 30.7 Å². The Hall–Kier alpha value is -3.44. The Kier molecular flexibility index (Phi) is 9.05. The number of rotatable bonds is 10. The minimum Gasteiger partial charge on any atom is -0.480 e. The molecule has 2 heterocycles. The summed E-state index contributed by atoms with van der Waals surface area (Å²) in [5, 5.41) is 21.9. The lowest BCUT2D eigenvalue weighted by atomic mass is 9.94. The van der Waals surface area contributed by atoms with Crippen molar-refractivity contribution >= 4 is 35.2 Å². The number of benzene rings is 1. The highest BCUT2D eigenvalue weighted by molar-refractivity contribution is 7.18. The van der Waals surface area contributed by atoms with Crippen molar-refractivity contribution in [3.63, 3.8) is 0 Å². The number of hydrogen-bond donors (Lipinski definition) is 3. The van der Waals surface area contributed by atoms with Crippen LogP contribution in [0.1, 0.15) is 47.5 Å². The Morgan fingerprint density at radius 2 is 1.97 bits per heavy atom. The van der Waals surface area contributed by atoms with Crippen LogP contribution in [-0.4, -0.2) is 70.8 Å². The predicted molar refractivity (Wildman–Crippen MR) is 133 cm³/mol. The number of nitrogens with zero attached hydrogens (tertiary/aromatic N) is 1. The van der Waals surface area contributed by atoms with E-state index in [9.17, 15) is 24.3 Å². The molecule has 0 radical (unpaired) electrons. The van der Waals surface area contributed by atoms with E-state index in [0.29, 0.717) is 36.4 Å². The minimum atomic E-state index is -1.19. The van der Waals surface area contributed by atoms with E-state index in [4.69, 9.17) is 14.6 Å². The van der Waals surface area contributed by atoms with Gasteiger partial charge in [-0.2, -0.15) is 0 Å². The first kappa shape index (κ1) is 27.2. The average molecular weight is 519 g/mol. The Morgan fingerprint density at radius 3 is 2.61 bits per heavy atom. The number of thiophene rings is 1. The first-order valence-electron chi connectivity index (χ1n) is 11.6. The molecule has 0 saturated carbocycles. The molecule has 0 aliphatic carbocycles. The molecular formula is C25H30N2O8S. The van der Waals surface area contributed by atoms with Crippen molar-refractivity contribution in [3.8, 4) is 16.2 Å². The number of amides is 1. The molecule has 2 atom stereocenters. The van der Waals surface area contributed by atoms with E-state index in [0.717, 1.165) is 22.5 Å². The molecule has 0 bridgehead atoms. The van der Waals surface area contributed by atoms with Gasteiger partial charge in [-0.05, 0) is 50.8 Å². The van der Waals surface area contributed by atoms with E-state index in [1.165, 1.54) is 11.8 Å². The topological polar surface area (TPSA) is 142 Å². The number of carboxylic acids is 2.